The Morgan fingerprint density at radius 3 is 1.85 bits per heavy atom. The van der Waals surface area contributed by atoms with Crippen LogP contribution in [-0.4, -0.2) is 11.5 Å². The summed E-state index contributed by atoms with van der Waals surface area (Å²) >= 11 is 0.769. The molecule has 0 aliphatic rings. The van der Waals surface area contributed by atoms with Gasteiger partial charge < -0.3 is 5.32 Å². The zero-order valence-electron chi connectivity index (χ0n) is 10.0. The molecule has 0 spiro atoms. The highest BCUT2D eigenvalue weighted by molar-refractivity contribution is 8.12. The summed E-state index contributed by atoms with van der Waals surface area (Å²) in [6.07, 6.45) is -8.35. The van der Waals surface area contributed by atoms with Crippen LogP contribution in [0, 0.1) is 0 Å². The molecule has 0 aromatic heterocycles. The monoisotopic (exact) mass is 317 g/mol. The van der Waals surface area contributed by atoms with E-state index in [0.29, 0.717) is 12.1 Å². The smallest absolute Gasteiger partial charge is 0.343 e. The highest BCUT2D eigenvalue weighted by Gasteiger charge is 2.36. The van der Waals surface area contributed by atoms with E-state index in [-0.39, 0.29) is 11.6 Å². The van der Waals surface area contributed by atoms with Gasteiger partial charge in [-0.25, -0.2) is 0 Å². The number of alkyl halides is 6. The Morgan fingerprint density at radius 1 is 1.05 bits per heavy atom. The van der Waals surface area contributed by atoms with E-state index in [2.05, 4.69) is 5.32 Å². The van der Waals surface area contributed by atoms with Crippen LogP contribution in [0.15, 0.2) is 18.2 Å². The quantitative estimate of drug-likeness (QED) is 0.824. The molecular weight excluding hydrogens is 308 g/mol. The lowest BCUT2D eigenvalue weighted by Crippen LogP contribution is -2.19. The molecule has 20 heavy (non-hydrogen) atoms. The summed E-state index contributed by atoms with van der Waals surface area (Å²) in [5.41, 5.74) is -3.07. The minimum absolute atomic E-state index is 0.0416. The molecule has 0 radical (unpaired) electrons. The number of carbonyl (C=O) groups excluding carboxylic acids is 1. The SMILES string of the molecule is CSC(=O)NCc1cc(C(F)(F)F)cc(C(F)(F)F)c1. The van der Waals surface area contributed by atoms with Gasteiger partial charge in [-0.3, -0.25) is 4.79 Å². The van der Waals surface area contributed by atoms with Crippen molar-refractivity contribution in [1.29, 1.82) is 0 Å². The van der Waals surface area contributed by atoms with Crippen LogP contribution < -0.4 is 5.32 Å². The molecular formula is C11H9F6NOS. The second kappa shape index (κ2) is 5.94. The lowest BCUT2D eigenvalue weighted by Gasteiger charge is -2.14. The maximum Gasteiger partial charge on any atom is 0.416 e. The Labute approximate surface area is 114 Å². The number of amides is 1. The first-order chi connectivity index (χ1) is 9.04. The van der Waals surface area contributed by atoms with Crippen LogP contribution in [0.4, 0.5) is 31.1 Å². The van der Waals surface area contributed by atoms with Gasteiger partial charge in [-0.15, -0.1) is 0 Å². The normalized spacial score (nSPS) is 12.3. The third-order valence-electron chi connectivity index (χ3n) is 2.27. The zero-order chi connectivity index (χ0) is 15.6. The largest absolute Gasteiger partial charge is 0.416 e. The maximum absolute atomic E-state index is 12.5. The Hall–Kier alpha value is -1.38. The van der Waals surface area contributed by atoms with Gasteiger partial charge >= 0.3 is 12.4 Å². The summed E-state index contributed by atoms with van der Waals surface area (Å²) in [4.78, 5) is 11.0. The van der Waals surface area contributed by atoms with Crippen molar-refractivity contribution in [1.82, 2.24) is 5.32 Å². The van der Waals surface area contributed by atoms with E-state index in [1.165, 1.54) is 6.26 Å². The van der Waals surface area contributed by atoms with E-state index in [0.717, 1.165) is 11.8 Å². The van der Waals surface area contributed by atoms with Crippen LogP contribution in [0.1, 0.15) is 16.7 Å². The molecule has 0 aliphatic heterocycles. The predicted molar refractivity (Wildman–Crippen MR) is 62.2 cm³/mol. The predicted octanol–water partition coefficient (Wildman–Crippen LogP) is 4.30. The first kappa shape index (κ1) is 16.7. The average molecular weight is 317 g/mol. The zero-order valence-corrected chi connectivity index (χ0v) is 10.8. The third kappa shape index (κ3) is 4.62. The van der Waals surface area contributed by atoms with Gasteiger partial charge in [0.15, 0.2) is 0 Å². The first-order valence-electron chi connectivity index (χ1n) is 5.14. The van der Waals surface area contributed by atoms with Gasteiger partial charge in [0.25, 0.3) is 5.24 Å². The van der Waals surface area contributed by atoms with Gasteiger partial charge in [-0.2, -0.15) is 26.3 Å². The lowest BCUT2D eigenvalue weighted by molar-refractivity contribution is -0.143. The van der Waals surface area contributed by atoms with Crippen LogP contribution in [0.2, 0.25) is 0 Å². The van der Waals surface area contributed by atoms with Gasteiger partial charge in [-0.05, 0) is 30.0 Å². The number of halogens is 6. The van der Waals surface area contributed by atoms with Crippen LogP contribution in [0.25, 0.3) is 0 Å². The number of nitrogens with one attached hydrogen (secondary N) is 1. The highest BCUT2D eigenvalue weighted by atomic mass is 32.2. The van der Waals surface area contributed by atoms with Crippen LogP contribution in [-0.2, 0) is 18.9 Å². The Balaban J connectivity index is 3.14. The molecule has 1 N–H and O–H groups in total. The first-order valence-corrected chi connectivity index (χ1v) is 6.36. The van der Waals surface area contributed by atoms with Crippen LogP contribution in [0.3, 0.4) is 0 Å². The fraction of sp³-hybridized carbons (Fsp3) is 0.364. The van der Waals surface area contributed by atoms with Gasteiger partial charge in [-0.1, -0.05) is 11.8 Å². The third-order valence-corrected chi connectivity index (χ3v) is 2.78. The molecule has 0 fully saturated rings. The Bertz CT molecular complexity index is 464. The van der Waals surface area contributed by atoms with Gasteiger partial charge in [0, 0.05) is 6.54 Å². The molecule has 112 valence electrons. The minimum Gasteiger partial charge on any atom is -0.343 e. The van der Waals surface area contributed by atoms with Crippen molar-refractivity contribution >= 4 is 17.0 Å². The average Bonchev–Trinajstić information content (AvgIpc) is 2.33. The number of carbonyl (C=O) groups is 1. The van der Waals surface area contributed by atoms with Crippen molar-refractivity contribution in [3.8, 4) is 0 Å². The fourth-order valence-corrected chi connectivity index (χ4v) is 1.58. The molecule has 1 amide bonds. The standard InChI is InChI=1S/C11H9F6NOS/c1-20-9(19)18-5-6-2-7(10(12,13)14)4-8(3-6)11(15,16)17/h2-4H,5H2,1H3,(H,18,19). The van der Waals surface area contributed by atoms with Crippen LogP contribution >= 0.6 is 11.8 Å². The van der Waals surface area contributed by atoms with E-state index < -0.39 is 35.3 Å². The topological polar surface area (TPSA) is 29.1 Å². The fourth-order valence-electron chi connectivity index (χ4n) is 1.37. The summed E-state index contributed by atoms with van der Waals surface area (Å²) in [6.45, 7) is -0.410. The van der Waals surface area contributed by atoms with Crippen molar-refractivity contribution in [2.75, 3.05) is 6.26 Å². The Morgan fingerprint density at radius 2 is 1.50 bits per heavy atom. The van der Waals surface area contributed by atoms with Crippen molar-refractivity contribution < 1.29 is 31.1 Å². The Kier molecular flexibility index (Phi) is 4.95. The number of hydrogen-bond donors (Lipinski definition) is 1. The van der Waals surface area contributed by atoms with E-state index in [1.807, 2.05) is 0 Å². The molecule has 0 atom stereocenters. The van der Waals surface area contributed by atoms with E-state index >= 15 is 0 Å². The molecule has 0 aliphatic carbocycles. The number of hydrogen-bond acceptors (Lipinski definition) is 2. The van der Waals surface area contributed by atoms with Crippen LogP contribution in [0.5, 0.6) is 0 Å². The molecule has 1 aromatic rings. The molecule has 1 aromatic carbocycles. The second-order valence-corrected chi connectivity index (χ2v) is 4.54. The summed E-state index contributed by atoms with van der Waals surface area (Å²) in [5, 5.41) is 1.65. The van der Waals surface area contributed by atoms with E-state index in [9.17, 15) is 31.1 Å². The molecule has 0 bridgehead atoms. The van der Waals surface area contributed by atoms with Crippen molar-refractivity contribution in [2.45, 2.75) is 18.9 Å². The summed E-state index contributed by atoms with van der Waals surface area (Å²) in [7, 11) is 0. The second-order valence-electron chi connectivity index (χ2n) is 3.76. The van der Waals surface area contributed by atoms with E-state index in [4.69, 9.17) is 0 Å². The summed E-state index contributed by atoms with van der Waals surface area (Å²) in [6, 6.07) is 1.20. The minimum atomic E-state index is -4.89. The van der Waals surface area contributed by atoms with Gasteiger partial charge in [0.2, 0.25) is 0 Å². The lowest BCUT2D eigenvalue weighted by atomic mass is 10.0. The van der Waals surface area contributed by atoms with Gasteiger partial charge in [0.05, 0.1) is 11.1 Å². The molecule has 2 nitrogen and oxygen atoms in total. The molecule has 0 heterocycles. The van der Waals surface area contributed by atoms with Crippen molar-refractivity contribution in [3.05, 3.63) is 34.9 Å². The summed E-state index contributed by atoms with van der Waals surface area (Å²) < 4.78 is 75.3. The number of thioether (sulfide) groups is 1. The summed E-state index contributed by atoms with van der Waals surface area (Å²) in [5.74, 6) is 0. The molecule has 1 rings (SSSR count). The molecule has 9 heteroatoms. The van der Waals surface area contributed by atoms with Crippen molar-refractivity contribution in [2.24, 2.45) is 0 Å². The number of rotatable bonds is 2. The van der Waals surface area contributed by atoms with Gasteiger partial charge in [0.1, 0.15) is 0 Å². The maximum atomic E-state index is 12.5. The molecule has 0 unspecified atom stereocenters. The molecule has 0 saturated carbocycles. The molecule has 0 saturated heterocycles. The number of benzene rings is 1. The van der Waals surface area contributed by atoms with Crippen molar-refractivity contribution in [3.63, 3.8) is 0 Å². The highest BCUT2D eigenvalue weighted by Crippen LogP contribution is 2.36. The van der Waals surface area contributed by atoms with E-state index in [1.54, 1.807) is 0 Å².